The molecule has 0 atom stereocenters. The molecule has 0 aromatic carbocycles. The summed E-state index contributed by atoms with van der Waals surface area (Å²) in [5.41, 5.74) is 0. The number of imidazole rings is 1. The lowest BCUT2D eigenvalue weighted by Gasteiger charge is -2.34. The SMILES string of the molecule is CCCN(C(=O)Cn1cc([N+](=O)[O-])nc1C)C1CCNCC1. The van der Waals surface area contributed by atoms with Crippen LogP contribution >= 0.6 is 0 Å². The number of nitro groups is 1. The second-order valence-corrected chi connectivity index (χ2v) is 5.60. The van der Waals surface area contributed by atoms with Crippen LogP contribution in [0.4, 0.5) is 5.82 Å². The molecule has 0 unspecified atom stereocenters. The van der Waals surface area contributed by atoms with Gasteiger partial charge in [-0.25, -0.2) is 0 Å². The first-order valence-electron chi connectivity index (χ1n) is 7.71. The van der Waals surface area contributed by atoms with E-state index >= 15 is 0 Å². The average Bonchev–Trinajstić information content (AvgIpc) is 2.87. The molecule has 1 fully saturated rings. The Kier molecular flexibility index (Phi) is 5.48. The van der Waals surface area contributed by atoms with E-state index in [1.165, 1.54) is 6.20 Å². The first-order valence-corrected chi connectivity index (χ1v) is 7.71. The van der Waals surface area contributed by atoms with Gasteiger partial charge in [0.2, 0.25) is 11.7 Å². The average molecular weight is 309 g/mol. The van der Waals surface area contributed by atoms with Gasteiger partial charge in [-0.15, -0.1) is 0 Å². The second kappa shape index (κ2) is 7.35. The molecular formula is C14H23N5O3. The molecule has 122 valence electrons. The number of aryl methyl sites for hydroxylation is 1. The summed E-state index contributed by atoms with van der Waals surface area (Å²) in [6.45, 7) is 6.40. The van der Waals surface area contributed by atoms with Crippen LogP contribution in [0.2, 0.25) is 0 Å². The van der Waals surface area contributed by atoms with E-state index in [4.69, 9.17) is 0 Å². The first-order chi connectivity index (χ1) is 10.5. The van der Waals surface area contributed by atoms with E-state index in [1.54, 1.807) is 11.5 Å². The fraction of sp³-hybridized carbons (Fsp3) is 0.714. The van der Waals surface area contributed by atoms with E-state index in [9.17, 15) is 14.9 Å². The van der Waals surface area contributed by atoms with E-state index in [2.05, 4.69) is 17.2 Å². The van der Waals surface area contributed by atoms with Gasteiger partial charge in [0.05, 0.1) is 0 Å². The maximum atomic E-state index is 12.6. The highest BCUT2D eigenvalue weighted by Gasteiger charge is 2.26. The standard InChI is InChI=1S/C14H23N5O3/c1-3-8-18(12-4-6-15-7-5-12)14(20)10-17-9-13(19(21)22)16-11(17)2/h9,12,15H,3-8,10H2,1-2H3. The lowest BCUT2D eigenvalue weighted by Crippen LogP contribution is -2.47. The Balaban J connectivity index is 2.08. The molecular weight excluding hydrogens is 286 g/mol. The number of piperidine rings is 1. The molecule has 1 aliphatic heterocycles. The quantitative estimate of drug-likeness (QED) is 0.627. The number of hydrogen-bond donors (Lipinski definition) is 1. The third-order valence-corrected chi connectivity index (χ3v) is 3.99. The van der Waals surface area contributed by atoms with Gasteiger partial charge in [0.15, 0.2) is 0 Å². The Morgan fingerprint density at radius 3 is 2.77 bits per heavy atom. The second-order valence-electron chi connectivity index (χ2n) is 5.60. The van der Waals surface area contributed by atoms with Crippen molar-refractivity contribution in [2.75, 3.05) is 19.6 Å². The van der Waals surface area contributed by atoms with Gasteiger partial charge in [-0.1, -0.05) is 6.92 Å². The van der Waals surface area contributed by atoms with Gasteiger partial charge in [-0.3, -0.25) is 9.36 Å². The molecule has 0 spiro atoms. The maximum Gasteiger partial charge on any atom is 0.381 e. The van der Waals surface area contributed by atoms with Crippen LogP contribution in [0, 0.1) is 17.0 Å². The summed E-state index contributed by atoms with van der Waals surface area (Å²) in [5, 5.41) is 14.1. The Morgan fingerprint density at radius 1 is 1.55 bits per heavy atom. The van der Waals surface area contributed by atoms with Crippen molar-refractivity contribution in [2.45, 2.75) is 45.7 Å². The van der Waals surface area contributed by atoms with E-state index in [0.717, 1.165) is 38.9 Å². The predicted octanol–water partition coefficient (Wildman–Crippen LogP) is 1.09. The van der Waals surface area contributed by atoms with Crippen LogP contribution in [-0.2, 0) is 11.3 Å². The van der Waals surface area contributed by atoms with Crippen LogP contribution < -0.4 is 5.32 Å². The molecule has 0 bridgehead atoms. The lowest BCUT2D eigenvalue weighted by molar-refractivity contribution is -0.389. The number of hydrogen-bond acceptors (Lipinski definition) is 5. The summed E-state index contributed by atoms with van der Waals surface area (Å²) in [6, 6.07) is 0.257. The number of carbonyl (C=O) groups excluding carboxylic acids is 1. The fourth-order valence-corrected chi connectivity index (χ4v) is 2.85. The van der Waals surface area contributed by atoms with Gasteiger partial charge in [0.1, 0.15) is 12.7 Å². The molecule has 0 aliphatic carbocycles. The zero-order valence-electron chi connectivity index (χ0n) is 13.1. The molecule has 2 heterocycles. The zero-order valence-corrected chi connectivity index (χ0v) is 13.1. The summed E-state index contributed by atoms with van der Waals surface area (Å²) in [7, 11) is 0. The largest absolute Gasteiger partial charge is 0.381 e. The summed E-state index contributed by atoms with van der Waals surface area (Å²) >= 11 is 0. The molecule has 0 radical (unpaired) electrons. The van der Waals surface area contributed by atoms with Crippen molar-refractivity contribution < 1.29 is 9.72 Å². The van der Waals surface area contributed by atoms with Crippen LogP contribution in [-0.4, -0.2) is 51.0 Å². The number of rotatable bonds is 6. The van der Waals surface area contributed by atoms with E-state index in [0.29, 0.717) is 5.82 Å². The van der Waals surface area contributed by atoms with Gasteiger partial charge in [0, 0.05) is 19.5 Å². The minimum atomic E-state index is -0.537. The smallest absolute Gasteiger partial charge is 0.358 e. The maximum absolute atomic E-state index is 12.6. The highest BCUT2D eigenvalue weighted by molar-refractivity contribution is 5.76. The zero-order chi connectivity index (χ0) is 16.1. The van der Waals surface area contributed by atoms with Gasteiger partial charge >= 0.3 is 5.82 Å². The van der Waals surface area contributed by atoms with Gasteiger partial charge in [-0.2, -0.15) is 0 Å². The number of nitrogens with zero attached hydrogens (tertiary/aromatic N) is 4. The minimum Gasteiger partial charge on any atom is -0.358 e. The van der Waals surface area contributed by atoms with Gasteiger partial charge < -0.3 is 20.3 Å². The predicted molar refractivity (Wildman–Crippen MR) is 81.5 cm³/mol. The molecule has 8 heteroatoms. The van der Waals surface area contributed by atoms with Crippen LogP contribution in [0.5, 0.6) is 0 Å². The highest BCUT2D eigenvalue weighted by atomic mass is 16.6. The molecule has 1 amide bonds. The molecule has 1 aromatic rings. The Bertz CT molecular complexity index is 537. The highest BCUT2D eigenvalue weighted by Crippen LogP contribution is 2.15. The van der Waals surface area contributed by atoms with Crippen LogP contribution in [0.15, 0.2) is 6.20 Å². The Hall–Kier alpha value is -1.96. The molecule has 8 nitrogen and oxygen atoms in total. The van der Waals surface area contributed by atoms with Gasteiger partial charge in [-0.05, 0) is 42.3 Å². The van der Waals surface area contributed by atoms with Crippen LogP contribution in [0.25, 0.3) is 0 Å². The summed E-state index contributed by atoms with van der Waals surface area (Å²) in [6.07, 6.45) is 4.14. The van der Waals surface area contributed by atoms with Crippen LogP contribution in [0.1, 0.15) is 32.0 Å². The van der Waals surface area contributed by atoms with E-state index in [1.807, 2.05) is 4.90 Å². The number of amides is 1. The van der Waals surface area contributed by atoms with Crippen LogP contribution in [0.3, 0.4) is 0 Å². The number of aromatic nitrogens is 2. The summed E-state index contributed by atoms with van der Waals surface area (Å²) in [5.74, 6) is 0.278. The summed E-state index contributed by atoms with van der Waals surface area (Å²) < 4.78 is 1.56. The molecule has 22 heavy (non-hydrogen) atoms. The normalized spacial score (nSPS) is 15.7. The van der Waals surface area contributed by atoms with Crippen molar-refractivity contribution in [3.05, 3.63) is 22.1 Å². The molecule has 2 rings (SSSR count). The monoisotopic (exact) mass is 309 g/mol. The lowest BCUT2D eigenvalue weighted by atomic mass is 10.0. The molecule has 1 aliphatic rings. The summed E-state index contributed by atoms with van der Waals surface area (Å²) in [4.78, 5) is 28.6. The third-order valence-electron chi connectivity index (χ3n) is 3.99. The van der Waals surface area contributed by atoms with E-state index < -0.39 is 4.92 Å². The van der Waals surface area contributed by atoms with Crippen molar-refractivity contribution in [3.63, 3.8) is 0 Å². The molecule has 1 N–H and O–H groups in total. The van der Waals surface area contributed by atoms with Crippen molar-refractivity contribution >= 4 is 11.7 Å². The Morgan fingerprint density at radius 2 is 2.23 bits per heavy atom. The van der Waals surface area contributed by atoms with Crippen molar-refractivity contribution in [3.8, 4) is 0 Å². The topological polar surface area (TPSA) is 93.3 Å². The van der Waals surface area contributed by atoms with Gasteiger partial charge in [0.25, 0.3) is 0 Å². The number of carbonyl (C=O) groups is 1. The number of nitrogens with one attached hydrogen (secondary N) is 1. The first kappa shape index (κ1) is 16.4. The fourth-order valence-electron chi connectivity index (χ4n) is 2.85. The van der Waals surface area contributed by atoms with Crippen molar-refractivity contribution in [2.24, 2.45) is 0 Å². The van der Waals surface area contributed by atoms with Crippen molar-refractivity contribution in [1.29, 1.82) is 0 Å². The third kappa shape index (κ3) is 3.82. The van der Waals surface area contributed by atoms with E-state index in [-0.39, 0.29) is 24.3 Å². The molecule has 0 saturated carbocycles. The van der Waals surface area contributed by atoms with Crippen molar-refractivity contribution in [1.82, 2.24) is 19.8 Å². The minimum absolute atomic E-state index is 0.00384. The molecule has 1 aromatic heterocycles. The molecule has 1 saturated heterocycles. The Labute approximate surface area is 129 Å².